The van der Waals surface area contributed by atoms with E-state index < -0.39 is 6.04 Å². The molecule has 0 heterocycles. The first-order chi connectivity index (χ1) is 10.2. The van der Waals surface area contributed by atoms with Crippen LogP contribution in [0.5, 0.6) is 11.5 Å². The molecule has 1 aromatic rings. The van der Waals surface area contributed by atoms with Crippen molar-refractivity contribution >= 4 is 0 Å². The van der Waals surface area contributed by atoms with Gasteiger partial charge in [-0.1, -0.05) is 18.2 Å². The third kappa shape index (κ3) is 3.54. The molecule has 1 aromatic carbocycles. The van der Waals surface area contributed by atoms with Gasteiger partial charge in [0, 0.05) is 11.3 Å². The van der Waals surface area contributed by atoms with Crippen LogP contribution in [-0.2, 0) is 0 Å². The van der Waals surface area contributed by atoms with Crippen LogP contribution in [0.15, 0.2) is 30.4 Å². The summed E-state index contributed by atoms with van der Waals surface area (Å²) in [7, 11) is 0. The molecule has 0 saturated heterocycles. The molecule has 0 fully saturated rings. The second-order valence-corrected chi connectivity index (χ2v) is 4.97. The maximum atomic E-state index is 11.2. The summed E-state index contributed by atoms with van der Waals surface area (Å²) in [5.74, 6) is 1.24. The Labute approximate surface area is 124 Å². The summed E-state index contributed by atoms with van der Waals surface area (Å²) < 4.78 is 11.1. The minimum Gasteiger partial charge on any atom is -0.490 e. The third-order valence-corrected chi connectivity index (χ3v) is 3.67. The van der Waals surface area contributed by atoms with Crippen LogP contribution in [0.2, 0.25) is 0 Å². The van der Waals surface area contributed by atoms with Gasteiger partial charge in [-0.05, 0) is 38.0 Å². The molecule has 0 radical (unpaired) electrons. The number of ether oxygens (including phenoxy) is 2. The first kappa shape index (κ1) is 15.4. The van der Waals surface area contributed by atoms with Crippen molar-refractivity contribution in [3.05, 3.63) is 46.0 Å². The molecular weight excluding hydrogens is 270 g/mol. The number of rotatable bonds is 6. The minimum atomic E-state index is -0.567. The quantitative estimate of drug-likeness (QED) is 0.457. The fourth-order valence-corrected chi connectivity index (χ4v) is 2.69. The van der Waals surface area contributed by atoms with Gasteiger partial charge in [0.1, 0.15) is 0 Å². The van der Waals surface area contributed by atoms with E-state index in [4.69, 9.17) is 9.47 Å². The maximum absolute atomic E-state index is 11.2. The van der Waals surface area contributed by atoms with Gasteiger partial charge < -0.3 is 9.47 Å². The van der Waals surface area contributed by atoms with Crippen LogP contribution in [0.1, 0.15) is 38.2 Å². The van der Waals surface area contributed by atoms with E-state index in [1.165, 1.54) is 0 Å². The fraction of sp³-hybridized carbons (Fsp3) is 0.500. The van der Waals surface area contributed by atoms with Crippen LogP contribution in [0, 0.1) is 10.1 Å². The standard InChI is InChI=1S/C16H21NO4/c1-3-20-15-10-9-12(11-16(15)21-4-2)13-7-5-6-8-14(13)17(18)19/h5-6,9-11,13-14H,3-4,7-8H2,1-2H3/t13-,14-/m0/s1. The van der Waals surface area contributed by atoms with Gasteiger partial charge in [0.25, 0.3) is 0 Å². The van der Waals surface area contributed by atoms with Crippen LogP contribution in [0.4, 0.5) is 0 Å². The Hall–Kier alpha value is -2.04. The molecule has 2 atom stereocenters. The highest BCUT2D eigenvalue weighted by Crippen LogP contribution is 2.36. The lowest BCUT2D eigenvalue weighted by Gasteiger charge is -2.23. The van der Waals surface area contributed by atoms with E-state index in [-0.39, 0.29) is 10.8 Å². The molecule has 1 aliphatic rings. The molecule has 0 saturated carbocycles. The zero-order chi connectivity index (χ0) is 15.2. The Morgan fingerprint density at radius 1 is 1.14 bits per heavy atom. The van der Waals surface area contributed by atoms with E-state index in [1.807, 2.05) is 44.2 Å². The number of hydrogen-bond donors (Lipinski definition) is 0. The van der Waals surface area contributed by atoms with E-state index in [9.17, 15) is 10.1 Å². The van der Waals surface area contributed by atoms with Gasteiger partial charge in [-0.2, -0.15) is 0 Å². The molecule has 0 unspecified atom stereocenters. The molecule has 1 aliphatic carbocycles. The van der Waals surface area contributed by atoms with E-state index in [1.54, 1.807) is 0 Å². The lowest BCUT2D eigenvalue weighted by molar-refractivity contribution is -0.526. The van der Waals surface area contributed by atoms with Crippen molar-refractivity contribution in [1.29, 1.82) is 0 Å². The molecule has 0 bridgehead atoms. The second kappa shape index (κ2) is 7.11. The summed E-state index contributed by atoms with van der Waals surface area (Å²) in [5.41, 5.74) is 0.938. The smallest absolute Gasteiger partial charge is 0.223 e. The summed E-state index contributed by atoms with van der Waals surface area (Å²) in [6.45, 7) is 4.92. The van der Waals surface area contributed by atoms with E-state index in [0.29, 0.717) is 37.6 Å². The zero-order valence-corrected chi connectivity index (χ0v) is 12.5. The highest BCUT2D eigenvalue weighted by molar-refractivity contribution is 5.44. The topological polar surface area (TPSA) is 61.6 Å². The number of benzene rings is 1. The van der Waals surface area contributed by atoms with E-state index in [2.05, 4.69) is 0 Å². The molecule has 114 valence electrons. The summed E-state index contributed by atoms with van der Waals surface area (Å²) in [6, 6.07) is 5.07. The van der Waals surface area contributed by atoms with Crippen molar-refractivity contribution < 1.29 is 14.4 Å². The first-order valence-corrected chi connectivity index (χ1v) is 7.35. The van der Waals surface area contributed by atoms with Crippen LogP contribution in [0.25, 0.3) is 0 Å². The van der Waals surface area contributed by atoms with Gasteiger partial charge >= 0.3 is 0 Å². The monoisotopic (exact) mass is 291 g/mol. The number of nitro groups is 1. The Morgan fingerprint density at radius 3 is 2.48 bits per heavy atom. The summed E-state index contributed by atoms with van der Waals surface area (Å²) >= 11 is 0. The molecule has 0 spiro atoms. The van der Waals surface area contributed by atoms with Gasteiger partial charge in [-0.25, -0.2) is 0 Å². The average molecular weight is 291 g/mol. The van der Waals surface area contributed by atoms with Crippen molar-refractivity contribution in [1.82, 2.24) is 0 Å². The predicted molar refractivity (Wildman–Crippen MR) is 80.7 cm³/mol. The molecule has 2 rings (SSSR count). The summed E-state index contributed by atoms with van der Waals surface area (Å²) in [5, 5.41) is 11.2. The Kier molecular flexibility index (Phi) is 5.20. The molecule has 0 aliphatic heterocycles. The first-order valence-electron chi connectivity index (χ1n) is 7.35. The number of nitrogens with zero attached hydrogens (tertiary/aromatic N) is 1. The van der Waals surface area contributed by atoms with Crippen molar-refractivity contribution in [2.75, 3.05) is 13.2 Å². The van der Waals surface area contributed by atoms with E-state index in [0.717, 1.165) is 5.56 Å². The van der Waals surface area contributed by atoms with Crippen LogP contribution in [-0.4, -0.2) is 24.2 Å². The average Bonchev–Trinajstić information content (AvgIpc) is 2.49. The lowest BCUT2D eigenvalue weighted by atomic mass is 9.83. The lowest BCUT2D eigenvalue weighted by Crippen LogP contribution is -2.28. The van der Waals surface area contributed by atoms with Crippen molar-refractivity contribution in [2.45, 2.75) is 38.6 Å². The van der Waals surface area contributed by atoms with Crippen LogP contribution < -0.4 is 9.47 Å². The van der Waals surface area contributed by atoms with Crippen molar-refractivity contribution in [3.8, 4) is 11.5 Å². The highest BCUT2D eigenvalue weighted by Gasteiger charge is 2.33. The van der Waals surface area contributed by atoms with Crippen molar-refractivity contribution in [2.24, 2.45) is 0 Å². The Balaban J connectivity index is 2.32. The Bertz CT molecular complexity index is 527. The normalized spacial score (nSPS) is 21.0. The summed E-state index contributed by atoms with van der Waals surface area (Å²) in [4.78, 5) is 11.1. The molecule has 0 amide bonds. The number of hydrogen-bond acceptors (Lipinski definition) is 4. The highest BCUT2D eigenvalue weighted by atomic mass is 16.6. The molecular formula is C16H21NO4. The summed E-state index contributed by atoms with van der Waals surface area (Å²) in [6.07, 6.45) is 5.07. The predicted octanol–water partition coefficient (Wildman–Crippen LogP) is 3.56. The molecule has 21 heavy (non-hydrogen) atoms. The second-order valence-electron chi connectivity index (χ2n) is 4.97. The van der Waals surface area contributed by atoms with Gasteiger partial charge in [0.05, 0.1) is 19.1 Å². The molecule has 0 N–H and O–H groups in total. The number of allylic oxidation sites excluding steroid dienone is 1. The largest absolute Gasteiger partial charge is 0.490 e. The molecule has 0 aromatic heterocycles. The van der Waals surface area contributed by atoms with E-state index >= 15 is 0 Å². The molecule has 5 nitrogen and oxygen atoms in total. The van der Waals surface area contributed by atoms with Crippen LogP contribution >= 0.6 is 0 Å². The SMILES string of the molecule is CCOc1ccc([C@@H]2CC=CC[C@@H]2[N+](=O)[O-])cc1OCC. The maximum Gasteiger partial charge on any atom is 0.223 e. The van der Waals surface area contributed by atoms with Crippen molar-refractivity contribution in [3.63, 3.8) is 0 Å². The van der Waals surface area contributed by atoms with Gasteiger partial charge in [-0.3, -0.25) is 10.1 Å². The van der Waals surface area contributed by atoms with Gasteiger partial charge in [0.2, 0.25) is 6.04 Å². The Morgan fingerprint density at radius 2 is 1.81 bits per heavy atom. The zero-order valence-electron chi connectivity index (χ0n) is 12.5. The fourth-order valence-electron chi connectivity index (χ4n) is 2.69. The van der Waals surface area contributed by atoms with Crippen LogP contribution in [0.3, 0.4) is 0 Å². The minimum absolute atomic E-state index is 0.111. The molecule has 5 heteroatoms. The third-order valence-electron chi connectivity index (χ3n) is 3.67. The van der Waals surface area contributed by atoms with Gasteiger partial charge in [0.15, 0.2) is 11.5 Å². The van der Waals surface area contributed by atoms with Gasteiger partial charge in [-0.15, -0.1) is 0 Å².